The summed E-state index contributed by atoms with van der Waals surface area (Å²) < 4.78 is 0. The molecular weight excluding hydrogens is 316 g/mol. The van der Waals surface area contributed by atoms with Crippen LogP contribution in [0.25, 0.3) is 10.8 Å². The number of carbonyl (C=O) groups is 2. The van der Waals surface area contributed by atoms with Crippen LogP contribution in [0.2, 0.25) is 0 Å². The fourth-order valence-electron chi connectivity index (χ4n) is 3.45. The van der Waals surface area contributed by atoms with E-state index in [1.165, 1.54) is 0 Å². The van der Waals surface area contributed by atoms with E-state index in [-0.39, 0.29) is 31.4 Å². The number of benzene rings is 2. The molecule has 3 rings (SSSR count). The molecule has 0 bridgehead atoms. The topological polar surface area (TPSA) is 78.4 Å². The number of amides is 2. The van der Waals surface area contributed by atoms with Crippen LogP contribution in [-0.2, 0) is 4.79 Å². The van der Waals surface area contributed by atoms with Crippen molar-refractivity contribution in [2.75, 3.05) is 13.2 Å². The second kappa shape index (κ2) is 7.66. The van der Waals surface area contributed by atoms with Crippen LogP contribution >= 0.6 is 0 Å². The molecule has 0 radical (unpaired) electrons. The Morgan fingerprint density at radius 3 is 2.48 bits per heavy atom. The molecule has 5 heteroatoms. The number of rotatable bonds is 6. The molecule has 5 nitrogen and oxygen atoms in total. The fourth-order valence-corrected chi connectivity index (χ4v) is 3.45. The number of hydrogen-bond donors (Lipinski definition) is 3. The van der Waals surface area contributed by atoms with Crippen LogP contribution in [0.1, 0.15) is 42.5 Å². The van der Waals surface area contributed by atoms with Gasteiger partial charge in [-0.2, -0.15) is 0 Å². The zero-order chi connectivity index (χ0) is 17.7. The van der Waals surface area contributed by atoms with Crippen molar-refractivity contribution in [2.45, 2.75) is 37.6 Å². The first-order chi connectivity index (χ1) is 12.1. The molecule has 0 saturated heterocycles. The Hall–Kier alpha value is -2.40. The first-order valence-corrected chi connectivity index (χ1v) is 8.81. The monoisotopic (exact) mass is 340 g/mol. The van der Waals surface area contributed by atoms with E-state index in [2.05, 4.69) is 10.6 Å². The lowest BCUT2D eigenvalue weighted by atomic mass is 9.99. The average Bonchev–Trinajstić information content (AvgIpc) is 3.10. The molecule has 25 heavy (non-hydrogen) atoms. The predicted molar refractivity (Wildman–Crippen MR) is 97.3 cm³/mol. The largest absolute Gasteiger partial charge is 0.394 e. The first-order valence-electron chi connectivity index (χ1n) is 8.81. The van der Waals surface area contributed by atoms with E-state index in [0.29, 0.717) is 5.56 Å². The number of fused-ring (bicyclic) bond motifs is 1. The van der Waals surface area contributed by atoms with E-state index in [1.54, 1.807) is 6.07 Å². The van der Waals surface area contributed by atoms with Crippen molar-refractivity contribution in [1.82, 2.24) is 10.6 Å². The van der Waals surface area contributed by atoms with Crippen molar-refractivity contribution in [2.24, 2.45) is 0 Å². The molecule has 0 heterocycles. The van der Waals surface area contributed by atoms with Crippen LogP contribution in [-0.4, -0.2) is 35.6 Å². The molecule has 0 atom stereocenters. The van der Waals surface area contributed by atoms with E-state index < -0.39 is 5.54 Å². The average molecular weight is 340 g/mol. The summed E-state index contributed by atoms with van der Waals surface area (Å²) in [6.45, 7) is 0.251. The van der Waals surface area contributed by atoms with Crippen molar-refractivity contribution >= 4 is 22.6 Å². The summed E-state index contributed by atoms with van der Waals surface area (Å²) in [6, 6.07) is 13.4. The SMILES string of the molecule is O=C(CCNC(=O)c1ccc2ccccc2c1)NC1(CO)CCCC1. The van der Waals surface area contributed by atoms with Crippen LogP contribution in [0.4, 0.5) is 0 Å². The molecule has 0 aromatic heterocycles. The Kier molecular flexibility index (Phi) is 5.34. The first kappa shape index (κ1) is 17.4. The molecule has 1 saturated carbocycles. The summed E-state index contributed by atoms with van der Waals surface area (Å²) >= 11 is 0. The third kappa shape index (κ3) is 4.17. The molecule has 0 unspecified atom stereocenters. The molecule has 2 amide bonds. The van der Waals surface area contributed by atoms with Gasteiger partial charge in [-0.25, -0.2) is 0 Å². The third-order valence-electron chi connectivity index (χ3n) is 4.92. The summed E-state index contributed by atoms with van der Waals surface area (Å²) in [7, 11) is 0. The molecule has 1 aliphatic rings. The van der Waals surface area contributed by atoms with E-state index in [4.69, 9.17) is 0 Å². The van der Waals surface area contributed by atoms with Crippen molar-refractivity contribution < 1.29 is 14.7 Å². The van der Waals surface area contributed by atoms with E-state index in [9.17, 15) is 14.7 Å². The quantitative estimate of drug-likeness (QED) is 0.755. The summed E-state index contributed by atoms with van der Waals surface area (Å²) in [6.07, 6.45) is 3.90. The smallest absolute Gasteiger partial charge is 0.251 e. The molecule has 1 fully saturated rings. The Balaban J connectivity index is 1.50. The number of aliphatic hydroxyl groups is 1. The Morgan fingerprint density at radius 2 is 1.76 bits per heavy atom. The van der Waals surface area contributed by atoms with Crippen LogP contribution in [0.3, 0.4) is 0 Å². The number of aliphatic hydroxyl groups excluding tert-OH is 1. The molecule has 2 aromatic carbocycles. The highest BCUT2D eigenvalue weighted by Crippen LogP contribution is 2.29. The molecule has 132 valence electrons. The van der Waals surface area contributed by atoms with Crippen molar-refractivity contribution in [3.63, 3.8) is 0 Å². The van der Waals surface area contributed by atoms with Gasteiger partial charge in [0, 0.05) is 18.5 Å². The Bertz CT molecular complexity index is 766. The maximum atomic E-state index is 12.3. The van der Waals surface area contributed by atoms with Gasteiger partial charge in [-0.1, -0.05) is 43.2 Å². The van der Waals surface area contributed by atoms with Gasteiger partial charge in [-0.05, 0) is 35.7 Å². The van der Waals surface area contributed by atoms with E-state index in [1.807, 2.05) is 36.4 Å². The zero-order valence-corrected chi connectivity index (χ0v) is 14.3. The lowest BCUT2D eigenvalue weighted by Crippen LogP contribution is -2.49. The van der Waals surface area contributed by atoms with Crippen LogP contribution in [0.15, 0.2) is 42.5 Å². The van der Waals surface area contributed by atoms with Gasteiger partial charge < -0.3 is 15.7 Å². The van der Waals surface area contributed by atoms with Crippen LogP contribution < -0.4 is 10.6 Å². The summed E-state index contributed by atoms with van der Waals surface area (Å²) in [5, 5.41) is 17.4. The standard InChI is InChI=1S/C20H24N2O3/c23-14-20(10-3-4-11-20)22-18(24)9-12-21-19(25)17-8-7-15-5-1-2-6-16(15)13-17/h1-2,5-8,13,23H,3-4,9-12,14H2,(H,21,25)(H,22,24). The van der Waals surface area contributed by atoms with Crippen LogP contribution in [0.5, 0.6) is 0 Å². The van der Waals surface area contributed by atoms with Gasteiger partial charge in [-0.15, -0.1) is 0 Å². The maximum Gasteiger partial charge on any atom is 0.251 e. The summed E-state index contributed by atoms with van der Waals surface area (Å²) in [5.41, 5.74) is 0.126. The van der Waals surface area contributed by atoms with Crippen molar-refractivity contribution in [1.29, 1.82) is 0 Å². The van der Waals surface area contributed by atoms with Gasteiger partial charge in [0.05, 0.1) is 12.1 Å². The second-order valence-electron chi connectivity index (χ2n) is 6.76. The molecule has 1 aliphatic carbocycles. The maximum absolute atomic E-state index is 12.3. The third-order valence-corrected chi connectivity index (χ3v) is 4.92. The van der Waals surface area contributed by atoms with Gasteiger partial charge >= 0.3 is 0 Å². The van der Waals surface area contributed by atoms with Crippen molar-refractivity contribution in [3.05, 3.63) is 48.0 Å². The van der Waals surface area contributed by atoms with E-state index in [0.717, 1.165) is 36.5 Å². The lowest BCUT2D eigenvalue weighted by molar-refractivity contribution is -0.123. The van der Waals surface area contributed by atoms with Gasteiger partial charge in [-0.3, -0.25) is 9.59 Å². The highest BCUT2D eigenvalue weighted by molar-refractivity contribution is 5.98. The van der Waals surface area contributed by atoms with Gasteiger partial charge in [0.15, 0.2) is 0 Å². The predicted octanol–water partition coefficient (Wildman–Crippen LogP) is 2.38. The minimum absolute atomic E-state index is 0.0256. The Morgan fingerprint density at radius 1 is 1.04 bits per heavy atom. The highest BCUT2D eigenvalue weighted by Gasteiger charge is 2.34. The molecule has 3 N–H and O–H groups in total. The number of hydrogen-bond acceptors (Lipinski definition) is 3. The van der Waals surface area contributed by atoms with Crippen molar-refractivity contribution in [3.8, 4) is 0 Å². The highest BCUT2D eigenvalue weighted by atomic mass is 16.3. The van der Waals surface area contributed by atoms with Gasteiger partial charge in [0.25, 0.3) is 5.91 Å². The second-order valence-corrected chi connectivity index (χ2v) is 6.76. The molecule has 0 aliphatic heterocycles. The molecule has 0 spiro atoms. The Labute approximate surface area is 147 Å². The van der Waals surface area contributed by atoms with Gasteiger partial charge in [0.1, 0.15) is 0 Å². The lowest BCUT2D eigenvalue weighted by Gasteiger charge is -2.28. The summed E-state index contributed by atoms with van der Waals surface area (Å²) in [5.74, 6) is -0.314. The number of nitrogens with one attached hydrogen (secondary N) is 2. The van der Waals surface area contributed by atoms with E-state index >= 15 is 0 Å². The van der Waals surface area contributed by atoms with Gasteiger partial charge in [0.2, 0.25) is 5.91 Å². The number of carbonyl (C=O) groups excluding carboxylic acids is 2. The minimum Gasteiger partial charge on any atom is -0.394 e. The molecule has 2 aromatic rings. The minimum atomic E-state index is -0.459. The normalized spacial score (nSPS) is 15.9. The fraction of sp³-hybridized carbons (Fsp3) is 0.400. The van der Waals surface area contributed by atoms with Crippen LogP contribution in [0, 0.1) is 0 Å². The zero-order valence-electron chi connectivity index (χ0n) is 14.3. The summed E-state index contributed by atoms with van der Waals surface area (Å²) in [4.78, 5) is 24.3. The molecular formula is C20H24N2O3.